The molecule has 10 atom stereocenters. The van der Waals surface area contributed by atoms with E-state index in [2.05, 4.69) is 16.0 Å². The SMILES string of the molecule is CCCOCC1C(=O)N(C)CC(=O)N[C@@H](CCc2ccc(C(F)(F)F)c(Cl)c2)C(=O)N2CCC[C@H]2C(=O)NC2(CCCC2)C(=O)N(C)[C@@H](C2CCCCC2)C(=O)N(C)[C@H](C(=O)N2C3CCC2COC3)CC(=O)N(C)[C@@H](CC(C)C)C(=O)N[C@@H]([C@@H](C)CC)C(=O)N(C)CC(=O)N(C)CC(=O)N1C. The Balaban J connectivity index is 1.29. The second kappa shape index (κ2) is 35.8. The number of carbonyl (C=O) groups excluding carboxylic acids is 12. The zero-order valence-corrected chi connectivity index (χ0v) is 61.8. The van der Waals surface area contributed by atoms with Crippen LogP contribution in [-0.4, -0.2) is 277 Å². The number of alkyl halides is 3. The van der Waals surface area contributed by atoms with Crippen LogP contribution in [-0.2, 0) is 79.6 Å². The first-order valence-electron chi connectivity index (χ1n) is 36.0. The zero-order chi connectivity index (χ0) is 74.5. The molecule has 1 spiro atoms. The molecule has 3 N–H and O–H groups in total. The summed E-state index contributed by atoms with van der Waals surface area (Å²) in [6.45, 7) is 7.60. The third-order valence-corrected chi connectivity index (χ3v) is 21.8. The van der Waals surface area contributed by atoms with Crippen molar-refractivity contribution in [1.29, 1.82) is 0 Å². The van der Waals surface area contributed by atoms with Gasteiger partial charge in [-0.2, -0.15) is 13.2 Å². The molecule has 4 heterocycles. The third kappa shape index (κ3) is 19.8. The average molecular weight is 1450 g/mol. The normalized spacial score (nSPS) is 27.6. The molecule has 2 saturated carbocycles. The number of likely N-dealkylation sites (N-methyl/N-ethyl adjacent to an activating group) is 7. The van der Waals surface area contributed by atoms with E-state index in [9.17, 15) is 41.9 Å². The molecule has 30 heteroatoms. The van der Waals surface area contributed by atoms with Crippen molar-refractivity contribution in [3.63, 3.8) is 0 Å². The third-order valence-electron chi connectivity index (χ3n) is 21.5. The number of morpholine rings is 1. The fourth-order valence-electron chi connectivity index (χ4n) is 15.2. The van der Waals surface area contributed by atoms with Gasteiger partial charge in [-0.05, 0) is 112 Å². The molecule has 7 rings (SSSR count). The molecule has 101 heavy (non-hydrogen) atoms. The van der Waals surface area contributed by atoms with Gasteiger partial charge >= 0.3 is 6.18 Å². The van der Waals surface area contributed by atoms with E-state index in [1.54, 1.807) is 11.8 Å². The number of carbonyl (C=O) groups is 12. The number of amides is 12. The molecule has 6 aliphatic rings. The highest BCUT2D eigenvalue weighted by molar-refractivity contribution is 6.31. The lowest BCUT2D eigenvalue weighted by Crippen LogP contribution is -2.65. The Morgan fingerprint density at radius 1 is 0.683 bits per heavy atom. The first kappa shape index (κ1) is 81.2. The molecule has 0 aromatic heterocycles. The first-order chi connectivity index (χ1) is 47.7. The monoisotopic (exact) mass is 1440 g/mol. The number of fused-ring (bicyclic) bond motifs is 3. The average Bonchev–Trinajstić information content (AvgIpc) is 1.74. The molecule has 2 bridgehead atoms. The summed E-state index contributed by atoms with van der Waals surface area (Å²) in [7, 11) is 9.71. The molecular weight excluding hydrogens is 1340 g/mol. The summed E-state index contributed by atoms with van der Waals surface area (Å²) < 4.78 is 53.2. The zero-order valence-electron chi connectivity index (χ0n) is 61.0. The standard InChI is InChI=1S/C71H108ClF3N12O14/c1-13-33-100-42-55-65(95)80(7)37-56(88)76-51(29-25-45-24-28-49(50(72)35-45)71(73,74)75)64(94)86-32-20-23-52(86)63(93)78-70(30-18-19-31-70)69(99)85(12)61(46-21-16-15-17-22-46)68(98)84(11)54(66(96)87-47-26-27-48(87)41-101-40-47)36-57(89)82(9)53(34-43(3)4)62(92)77-60(44(5)14-2)67(97)81(8)38-58(90)79(6)39-59(91)83(55)10/h24,28,35,43-44,46-48,51-55,60-61H,13-23,25-27,29-34,36-42H2,1-12H3,(H,76,88)(H,77,92)(H,78,93)/t44-,47?,48?,51-,52-,53-,54-,55?,60-,61-/m0/s1. The first-order valence-corrected chi connectivity index (χ1v) is 36.4. The molecular formula is C71H108ClF3N12O14. The number of hydrogen-bond acceptors (Lipinski definition) is 14. The predicted molar refractivity (Wildman–Crippen MR) is 368 cm³/mol. The maximum atomic E-state index is 15.9. The van der Waals surface area contributed by atoms with Gasteiger partial charge in [-0.1, -0.05) is 90.8 Å². The Morgan fingerprint density at radius 3 is 1.91 bits per heavy atom. The van der Waals surface area contributed by atoms with Crippen molar-refractivity contribution < 1.29 is 80.2 Å². The minimum atomic E-state index is -4.77. The van der Waals surface area contributed by atoms with Gasteiger partial charge in [0.2, 0.25) is 70.9 Å². The highest BCUT2D eigenvalue weighted by Gasteiger charge is 2.52. The minimum absolute atomic E-state index is 0.0169. The maximum Gasteiger partial charge on any atom is 0.417 e. The van der Waals surface area contributed by atoms with Crippen LogP contribution in [0.4, 0.5) is 13.2 Å². The van der Waals surface area contributed by atoms with Crippen molar-refractivity contribution in [1.82, 2.24) is 60.0 Å². The van der Waals surface area contributed by atoms with Crippen molar-refractivity contribution in [2.45, 2.75) is 223 Å². The molecule has 26 nitrogen and oxygen atoms in total. The second-order valence-electron chi connectivity index (χ2n) is 29.3. The van der Waals surface area contributed by atoms with Gasteiger partial charge in [0, 0.05) is 62.5 Å². The Bertz CT molecular complexity index is 3150. The van der Waals surface area contributed by atoms with E-state index < -0.39 is 173 Å². The van der Waals surface area contributed by atoms with Crippen LogP contribution < -0.4 is 16.0 Å². The molecule has 564 valence electrons. The highest BCUT2D eigenvalue weighted by atomic mass is 35.5. The molecule has 4 saturated heterocycles. The summed E-state index contributed by atoms with van der Waals surface area (Å²) in [6, 6.07) is -6.71. The van der Waals surface area contributed by atoms with Crippen LogP contribution in [0.2, 0.25) is 5.02 Å². The molecule has 12 amide bonds. The number of aryl methyl sites for hydroxylation is 1. The van der Waals surface area contributed by atoms with Crippen LogP contribution in [0.5, 0.6) is 0 Å². The van der Waals surface area contributed by atoms with Crippen molar-refractivity contribution in [2.75, 3.05) is 102 Å². The number of rotatable bonds is 13. The van der Waals surface area contributed by atoms with E-state index in [1.165, 1.54) is 75.0 Å². The van der Waals surface area contributed by atoms with E-state index in [4.69, 9.17) is 21.1 Å². The van der Waals surface area contributed by atoms with Crippen molar-refractivity contribution in [3.05, 3.63) is 34.3 Å². The lowest BCUT2D eigenvalue weighted by atomic mass is 9.81. The Kier molecular flexibility index (Phi) is 28.8. The van der Waals surface area contributed by atoms with Crippen LogP contribution in [0.1, 0.15) is 161 Å². The van der Waals surface area contributed by atoms with E-state index in [0.29, 0.717) is 57.8 Å². The van der Waals surface area contributed by atoms with Crippen molar-refractivity contribution >= 4 is 82.5 Å². The summed E-state index contributed by atoms with van der Waals surface area (Å²) in [4.78, 5) is 191. The summed E-state index contributed by atoms with van der Waals surface area (Å²) in [5.74, 6) is -9.33. The Morgan fingerprint density at radius 2 is 1.31 bits per heavy atom. The molecule has 4 aliphatic heterocycles. The summed E-state index contributed by atoms with van der Waals surface area (Å²) in [5, 5.41) is 8.09. The Hall–Kier alpha value is -7.14. The van der Waals surface area contributed by atoms with Gasteiger partial charge in [0.25, 0.3) is 0 Å². The molecule has 2 aliphatic carbocycles. The molecule has 0 radical (unpaired) electrons. The maximum absolute atomic E-state index is 15.9. The van der Waals surface area contributed by atoms with Crippen LogP contribution in [0.15, 0.2) is 18.2 Å². The number of ether oxygens (including phenoxy) is 2. The smallest absolute Gasteiger partial charge is 0.379 e. The summed E-state index contributed by atoms with van der Waals surface area (Å²) >= 11 is 6.14. The van der Waals surface area contributed by atoms with E-state index in [-0.39, 0.29) is 95.1 Å². The number of nitrogens with one attached hydrogen (secondary N) is 3. The molecule has 6 fully saturated rings. The van der Waals surface area contributed by atoms with Gasteiger partial charge in [0.05, 0.1) is 68.5 Å². The topological polar surface area (TPSA) is 289 Å². The highest BCUT2D eigenvalue weighted by Crippen LogP contribution is 2.39. The molecule has 3 unspecified atom stereocenters. The second-order valence-corrected chi connectivity index (χ2v) is 29.7. The van der Waals surface area contributed by atoms with Gasteiger partial charge in [0.1, 0.15) is 47.8 Å². The van der Waals surface area contributed by atoms with Crippen molar-refractivity contribution in [3.8, 4) is 0 Å². The van der Waals surface area contributed by atoms with E-state index >= 15 is 28.8 Å². The van der Waals surface area contributed by atoms with Gasteiger partial charge < -0.3 is 69.5 Å². The molecule has 1 aromatic rings. The van der Waals surface area contributed by atoms with Gasteiger partial charge in [-0.3, -0.25) is 57.5 Å². The number of hydrogen-bond donors (Lipinski definition) is 3. The quantitative estimate of drug-likeness (QED) is 0.233. The summed E-state index contributed by atoms with van der Waals surface area (Å²) in [5.41, 5.74) is -2.39. The van der Waals surface area contributed by atoms with E-state index in [0.717, 1.165) is 51.0 Å². The molecule has 1 aromatic carbocycles. The fraction of sp³-hybridized carbons (Fsp3) is 0.746. The minimum Gasteiger partial charge on any atom is -0.379 e. The van der Waals surface area contributed by atoms with Gasteiger partial charge in [-0.25, -0.2) is 0 Å². The fourth-order valence-corrected chi connectivity index (χ4v) is 15.5. The van der Waals surface area contributed by atoms with Crippen LogP contribution >= 0.6 is 11.6 Å². The van der Waals surface area contributed by atoms with Gasteiger partial charge in [-0.15, -0.1) is 0 Å². The largest absolute Gasteiger partial charge is 0.417 e. The number of nitrogens with zero attached hydrogens (tertiary/aromatic N) is 9. The lowest BCUT2D eigenvalue weighted by Gasteiger charge is -2.44. The number of benzene rings is 1. The Labute approximate surface area is 597 Å². The van der Waals surface area contributed by atoms with E-state index in [1.807, 2.05) is 27.7 Å². The van der Waals surface area contributed by atoms with Crippen LogP contribution in [0.3, 0.4) is 0 Å². The van der Waals surface area contributed by atoms with Crippen LogP contribution in [0, 0.1) is 17.8 Å². The summed E-state index contributed by atoms with van der Waals surface area (Å²) in [6.07, 6.45) is 1.74. The predicted octanol–water partition coefficient (Wildman–Crippen LogP) is 4.26. The lowest BCUT2D eigenvalue weighted by molar-refractivity contribution is -0.159. The van der Waals surface area contributed by atoms with Crippen molar-refractivity contribution in [2.24, 2.45) is 17.8 Å². The van der Waals surface area contributed by atoms with Crippen LogP contribution in [0.25, 0.3) is 0 Å². The van der Waals surface area contributed by atoms with Gasteiger partial charge in [0.15, 0.2) is 0 Å². The number of halogens is 4.